The molecule has 2 amide bonds. The summed E-state index contributed by atoms with van der Waals surface area (Å²) in [5.41, 5.74) is 1.15. The van der Waals surface area contributed by atoms with Crippen molar-refractivity contribution in [1.29, 1.82) is 0 Å². The fourth-order valence-electron chi connectivity index (χ4n) is 4.87. The molecule has 6 heteroatoms. The number of hydrogen-bond donors (Lipinski definition) is 1. The molecule has 5 nitrogen and oxygen atoms in total. The number of benzene rings is 1. The van der Waals surface area contributed by atoms with Gasteiger partial charge in [0.1, 0.15) is 5.82 Å². The highest BCUT2D eigenvalue weighted by Gasteiger charge is 2.45. The molecule has 0 bridgehead atoms. The summed E-state index contributed by atoms with van der Waals surface area (Å²) in [6.07, 6.45) is 8.26. The predicted molar refractivity (Wildman–Crippen MR) is 112 cm³/mol. The molecule has 2 fully saturated rings. The van der Waals surface area contributed by atoms with Crippen LogP contribution in [-0.2, 0) is 21.5 Å². The Morgan fingerprint density at radius 3 is 2.57 bits per heavy atom. The monoisotopic (exact) mass is 409 g/mol. The highest BCUT2D eigenvalue weighted by Crippen LogP contribution is 2.43. The maximum absolute atomic E-state index is 13.9. The van der Waals surface area contributed by atoms with Gasteiger partial charge in [-0.3, -0.25) is 14.6 Å². The Hall–Kier alpha value is -2.76. The van der Waals surface area contributed by atoms with E-state index in [1.807, 2.05) is 23.1 Å². The van der Waals surface area contributed by atoms with Crippen molar-refractivity contribution >= 4 is 11.8 Å². The first-order chi connectivity index (χ1) is 14.6. The zero-order valence-corrected chi connectivity index (χ0v) is 17.1. The standard InChI is InChI=1S/C24H28FN3O2/c25-21-7-3-6-20(15-21)24(10-1-2-11-24)23(30)28-13-8-19(9-14-28)22(29)27-17-18-5-4-12-26-16-18/h3-7,12,15-16,19H,1-2,8-11,13-14,17H2,(H,27,29). The molecule has 1 saturated heterocycles. The van der Waals surface area contributed by atoms with Crippen molar-refractivity contribution in [3.8, 4) is 0 Å². The van der Waals surface area contributed by atoms with Crippen molar-refractivity contribution in [1.82, 2.24) is 15.2 Å². The zero-order chi connectivity index (χ0) is 21.0. The van der Waals surface area contributed by atoms with Crippen LogP contribution in [0.4, 0.5) is 4.39 Å². The zero-order valence-electron chi connectivity index (χ0n) is 17.1. The Labute approximate surface area is 176 Å². The van der Waals surface area contributed by atoms with Gasteiger partial charge in [-0.05, 0) is 55.0 Å². The van der Waals surface area contributed by atoms with Gasteiger partial charge in [-0.1, -0.05) is 31.0 Å². The maximum atomic E-state index is 13.9. The average molecular weight is 410 g/mol. The SMILES string of the molecule is O=C(NCc1cccnc1)C1CCN(C(=O)C2(c3cccc(F)c3)CCCC2)CC1. The van der Waals surface area contributed by atoms with Crippen molar-refractivity contribution in [3.05, 3.63) is 65.7 Å². The normalized spacial score (nSPS) is 18.9. The Morgan fingerprint density at radius 1 is 1.13 bits per heavy atom. The van der Waals surface area contributed by atoms with Gasteiger partial charge in [0.25, 0.3) is 0 Å². The van der Waals surface area contributed by atoms with E-state index in [0.29, 0.717) is 32.5 Å². The summed E-state index contributed by atoms with van der Waals surface area (Å²) < 4.78 is 13.9. The van der Waals surface area contributed by atoms with Crippen molar-refractivity contribution in [2.75, 3.05) is 13.1 Å². The smallest absolute Gasteiger partial charge is 0.233 e. The van der Waals surface area contributed by atoms with Gasteiger partial charge in [0.05, 0.1) is 5.41 Å². The van der Waals surface area contributed by atoms with E-state index in [2.05, 4.69) is 10.3 Å². The highest BCUT2D eigenvalue weighted by atomic mass is 19.1. The number of nitrogens with one attached hydrogen (secondary N) is 1. The predicted octanol–water partition coefficient (Wildman–Crippen LogP) is 3.59. The number of carbonyl (C=O) groups is 2. The lowest BCUT2D eigenvalue weighted by Crippen LogP contribution is -2.50. The number of carbonyl (C=O) groups excluding carboxylic acids is 2. The van der Waals surface area contributed by atoms with Gasteiger partial charge in [-0.2, -0.15) is 0 Å². The van der Waals surface area contributed by atoms with Crippen LogP contribution >= 0.6 is 0 Å². The number of pyridine rings is 1. The number of piperidine rings is 1. The van der Waals surface area contributed by atoms with E-state index >= 15 is 0 Å². The number of amides is 2. The minimum absolute atomic E-state index is 0.0339. The molecule has 0 radical (unpaired) electrons. The molecule has 0 atom stereocenters. The van der Waals surface area contributed by atoms with Crippen LogP contribution in [0.1, 0.15) is 49.7 Å². The van der Waals surface area contributed by atoms with Gasteiger partial charge in [-0.25, -0.2) is 4.39 Å². The molecule has 1 N–H and O–H groups in total. The third-order valence-electron chi connectivity index (χ3n) is 6.59. The van der Waals surface area contributed by atoms with E-state index in [-0.39, 0.29) is 23.5 Å². The second-order valence-electron chi connectivity index (χ2n) is 8.45. The Morgan fingerprint density at radius 2 is 1.90 bits per heavy atom. The summed E-state index contributed by atoms with van der Waals surface area (Å²) in [5, 5.41) is 2.98. The van der Waals surface area contributed by atoms with Crippen LogP contribution in [0.2, 0.25) is 0 Å². The fourth-order valence-corrected chi connectivity index (χ4v) is 4.87. The van der Waals surface area contributed by atoms with Crippen molar-refractivity contribution in [2.45, 2.75) is 50.5 Å². The lowest BCUT2D eigenvalue weighted by Gasteiger charge is -2.38. The van der Waals surface area contributed by atoms with E-state index in [0.717, 1.165) is 36.8 Å². The highest BCUT2D eigenvalue weighted by molar-refractivity contribution is 5.89. The largest absolute Gasteiger partial charge is 0.352 e. The summed E-state index contributed by atoms with van der Waals surface area (Å²) in [4.78, 5) is 32.0. The molecule has 1 aliphatic heterocycles. The van der Waals surface area contributed by atoms with Gasteiger partial charge in [-0.15, -0.1) is 0 Å². The summed E-state index contributed by atoms with van der Waals surface area (Å²) >= 11 is 0. The molecule has 158 valence electrons. The molecule has 2 heterocycles. The van der Waals surface area contributed by atoms with Crippen molar-refractivity contribution in [3.63, 3.8) is 0 Å². The molecule has 2 aliphatic rings. The molecular weight excluding hydrogens is 381 g/mol. The van der Waals surface area contributed by atoms with Crippen molar-refractivity contribution in [2.24, 2.45) is 5.92 Å². The number of halogens is 1. The van der Waals surface area contributed by atoms with E-state index in [1.165, 1.54) is 12.1 Å². The number of likely N-dealkylation sites (tertiary alicyclic amines) is 1. The fraction of sp³-hybridized carbons (Fsp3) is 0.458. The lowest BCUT2D eigenvalue weighted by atomic mass is 9.77. The van der Waals surface area contributed by atoms with Crippen LogP contribution in [0.15, 0.2) is 48.8 Å². The first kappa shape index (κ1) is 20.5. The van der Waals surface area contributed by atoms with Crippen LogP contribution in [0, 0.1) is 11.7 Å². The van der Waals surface area contributed by atoms with Gasteiger partial charge in [0.2, 0.25) is 11.8 Å². The van der Waals surface area contributed by atoms with E-state index in [1.54, 1.807) is 18.5 Å². The third-order valence-corrected chi connectivity index (χ3v) is 6.59. The second-order valence-corrected chi connectivity index (χ2v) is 8.45. The van der Waals surface area contributed by atoms with E-state index < -0.39 is 5.41 Å². The number of rotatable bonds is 5. The lowest BCUT2D eigenvalue weighted by molar-refractivity contribution is -0.140. The Bertz CT molecular complexity index is 888. The molecule has 0 unspecified atom stereocenters. The molecule has 1 aromatic heterocycles. The average Bonchev–Trinajstić information content (AvgIpc) is 3.29. The Balaban J connectivity index is 1.37. The summed E-state index contributed by atoms with van der Waals surface area (Å²) in [6.45, 7) is 1.61. The van der Waals surface area contributed by atoms with Crippen LogP contribution in [0.3, 0.4) is 0 Å². The summed E-state index contributed by atoms with van der Waals surface area (Å²) in [7, 11) is 0. The molecule has 30 heavy (non-hydrogen) atoms. The summed E-state index contributed by atoms with van der Waals surface area (Å²) in [5.74, 6) is -0.249. The number of aromatic nitrogens is 1. The summed E-state index contributed by atoms with van der Waals surface area (Å²) in [6, 6.07) is 10.3. The van der Waals surface area contributed by atoms with E-state index in [9.17, 15) is 14.0 Å². The number of hydrogen-bond acceptors (Lipinski definition) is 3. The maximum Gasteiger partial charge on any atom is 0.233 e. The second kappa shape index (κ2) is 8.94. The molecule has 1 saturated carbocycles. The number of nitrogens with zero attached hydrogens (tertiary/aromatic N) is 2. The molecule has 1 aromatic carbocycles. The van der Waals surface area contributed by atoms with E-state index in [4.69, 9.17) is 0 Å². The molecule has 0 spiro atoms. The quantitative estimate of drug-likeness (QED) is 0.821. The molecule has 4 rings (SSSR count). The van der Waals surface area contributed by atoms with Gasteiger partial charge in [0, 0.05) is 37.9 Å². The van der Waals surface area contributed by atoms with Crippen LogP contribution in [0.5, 0.6) is 0 Å². The minimum atomic E-state index is -0.614. The van der Waals surface area contributed by atoms with Gasteiger partial charge < -0.3 is 10.2 Å². The van der Waals surface area contributed by atoms with Crippen LogP contribution in [0.25, 0.3) is 0 Å². The molecule has 1 aliphatic carbocycles. The first-order valence-corrected chi connectivity index (χ1v) is 10.8. The van der Waals surface area contributed by atoms with Crippen molar-refractivity contribution < 1.29 is 14.0 Å². The first-order valence-electron chi connectivity index (χ1n) is 10.8. The minimum Gasteiger partial charge on any atom is -0.352 e. The molecular formula is C24H28FN3O2. The van der Waals surface area contributed by atoms with Crippen LogP contribution in [-0.4, -0.2) is 34.8 Å². The third kappa shape index (κ3) is 4.23. The van der Waals surface area contributed by atoms with Gasteiger partial charge >= 0.3 is 0 Å². The van der Waals surface area contributed by atoms with Crippen LogP contribution < -0.4 is 5.32 Å². The Kier molecular flexibility index (Phi) is 6.11. The van der Waals surface area contributed by atoms with Gasteiger partial charge in [0.15, 0.2) is 0 Å². The molecule has 2 aromatic rings. The topological polar surface area (TPSA) is 62.3 Å².